The van der Waals surface area contributed by atoms with Gasteiger partial charge in [0.25, 0.3) is 6.47 Å². The number of carbonyl (C=O) groups excluding carboxylic acids is 2. The number of ether oxygens (including phenoxy) is 1. The first kappa shape index (κ1) is 14.3. The van der Waals surface area contributed by atoms with Gasteiger partial charge in [-0.2, -0.15) is 0 Å². The van der Waals surface area contributed by atoms with Gasteiger partial charge < -0.3 is 15.0 Å². The first-order valence-corrected chi connectivity index (χ1v) is 7.18. The lowest BCUT2D eigenvalue weighted by atomic mass is 9.80. The third-order valence-electron chi connectivity index (χ3n) is 4.13. The van der Waals surface area contributed by atoms with E-state index in [0.29, 0.717) is 13.1 Å². The van der Waals surface area contributed by atoms with Crippen LogP contribution in [0.4, 0.5) is 5.82 Å². The van der Waals surface area contributed by atoms with Gasteiger partial charge in [0.05, 0.1) is 12.0 Å². The molecule has 1 amide bonds. The molecule has 0 aromatic carbocycles. The standard InChI is InChI=1S/C13H11N3O.C3H6O2/c17-12-13(6-8-3-5-14-10(8)7-13)9-2-1-4-15-11(9)16-12;1-2-5-3-4/h1-5,14H,6-7H2,(H,15,16,17);3H,2H2,1H3. The van der Waals surface area contributed by atoms with Gasteiger partial charge in [-0.25, -0.2) is 4.98 Å². The minimum absolute atomic E-state index is 0.0794. The molecule has 0 radical (unpaired) electrons. The van der Waals surface area contributed by atoms with Gasteiger partial charge in [0.15, 0.2) is 0 Å². The topological polar surface area (TPSA) is 84.1 Å². The second-order valence-corrected chi connectivity index (χ2v) is 5.32. The normalized spacial score (nSPS) is 20.7. The predicted octanol–water partition coefficient (Wildman–Crippen LogP) is 1.58. The average molecular weight is 299 g/mol. The van der Waals surface area contributed by atoms with Crippen molar-refractivity contribution in [1.29, 1.82) is 0 Å². The SMILES string of the molecule is CCOC=O.O=C1Nc2ncccc2C12Cc1cc[nH]c1C2. The number of fused-ring (bicyclic) bond motifs is 3. The third-order valence-corrected chi connectivity index (χ3v) is 4.13. The molecule has 1 aliphatic carbocycles. The Kier molecular flexibility index (Phi) is 3.66. The summed E-state index contributed by atoms with van der Waals surface area (Å²) in [5.41, 5.74) is 3.04. The lowest BCUT2D eigenvalue weighted by Gasteiger charge is -2.20. The zero-order valence-electron chi connectivity index (χ0n) is 12.3. The highest BCUT2D eigenvalue weighted by Crippen LogP contribution is 2.45. The Labute approximate surface area is 127 Å². The fourth-order valence-corrected chi connectivity index (χ4v) is 3.12. The van der Waals surface area contributed by atoms with Crippen LogP contribution in [-0.2, 0) is 32.6 Å². The summed E-state index contributed by atoms with van der Waals surface area (Å²) in [5.74, 6) is 0.804. The van der Waals surface area contributed by atoms with Gasteiger partial charge in [-0.1, -0.05) is 6.07 Å². The molecule has 1 aliphatic heterocycles. The first-order valence-electron chi connectivity index (χ1n) is 7.18. The summed E-state index contributed by atoms with van der Waals surface area (Å²) in [7, 11) is 0. The van der Waals surface area contributed by atoms with Crippen molar-refractivity contribution in [1.82, 2.24) is 9.97 Å². The van der Waals surface area contributed by atoms with Crippen molar-refractivity contribution < 1.29 is 14.3 Å². The third kappa shape index (κ3) is 2.16. The smallest absolute Gasteiger partial charge is 0.293 e. The largest absolute Gasteiger partial charge is 0.468 e. The number of aromatic nitrogens is 2. The molecule has 6 nitrogen and oxygen atoms in total. The van der Waals surface area contributed by atoms with Crippen LogP contribution < -0.4 is 5.32 Å². The average Bonchev–Trinajstić information content (AvgIpc) is 3.15. The molecule has 2 aliphatic rings. The Morgan fingerprint density at radius 2 is 2.27 bits per heavy atom. The lowest BCUT2D eigenvalue weighted by molar-refractivity contribution is -0.128. The number of pyridine rings is 1. The quantitative estimate of drug-likeness (QED) is 0.825. The number of aromatic amines is 1. The van der Waals surface area contributed by atoms with E-state index < -0.39 is 5.41 Å². The molecule has 114 valence electrons. The summed E-state index contributed by atoms with van der Waals surface area (Å²) in [5, 5.41) is 2.89. The minimum atomic E-state index is -0.425. The van der Waals surface area contributed by atoms with Gasteiger partial charge >= 0.3 is 0 Å². The molecule has 3 heterocycles. The molecule has 1 spiro atoms. The van der Waals surface area contributed by atoms with Gasteiger partial charge in [-0.05, 0) is 31.0 Å². The van der Waals surface area contributed by atoms with Crippen molar-refractivity contribution in [2.75, 3.05) is 11.9 Å². The number of H-pyrrole nitrogens is 1. The van der Waals surface area contributed by atoms with E-state index in [1.54, 1.807) is 13.1 Å². The predicted molar refractivity (Wildman–Crippen MR) is 80.4 cm³/mol. The zero-order chi connectivity index (χ0) is 15.6. The van der Waals surface area contributed by atoms with Crippen LogP contribution in [0.1, 0.15) is 23.7 Å². The van der Waals surface area contributed by atoms with Crippen LogP contribution in [0.25, 0.3) is 0 Å². The van der Waals surface area contributed by atoms with Crippen LogP contribution in [-0.4, -0.2) is 29.0 Å². The summed E-state index contributed by atoms with van der Waals surface area (Å²) in [6, 6.07) is 5.96. The molecule has 0 bridgehead atoms. The van der Waals surface area contributed by atoms with Gasteiger partial charge in [0.2, 0.25) is 5.91 Å². The van der Waals surface area contributed by atoms with E-state index >= 15 is 0 Å². The van der Waals surface area contributed by atoms with Crippen molar-refractivity contribution in [3.63, 3.8) is 0 Å². The maximum absolute atomic E-state index is 12.3. The van der Waals surface area contributed by atoms with Crippen molar-refractivity contribution in [3.8, 4) is 0 Å². The first-order chi connectivity index (χ1) is 10.7. The van der Waals surface area contributed by atoms with E-state index in [4.69, 9.17) is 0 Å². The van der Waals surface area contributed by atoms with Crippen molar-refractivity contribution in [2.45, 2.75) is 25.2 Å². The number of hydrogen-bond acceptors (Lipinski definition) is 4. The Hall–Kier alpha value is -2.63. The summed E-state index contributed by atoms with van der Waals surface area (Å²) >= 11 is 0. The Morgan fingerprint density at radius 1 is 1.41 bits per heavy atom. The molecule has 0 saturated carbocycles. The van der Waals surface area contributed by atoms with Crippen LogP contribution in [0.15, 0.2) is 30.6 Å². The molecule has 22 heavy (non-hydrogen) atoms. The highest BCUT2D eigenvalue weighted by molar-refractivity contribution is 6.06. The molecule has 0 saturated heterocycles. The Morgan fingerprint density at radius 3 is 2.95 bits per heavy atom. The molecule has 1 unspecified atom stereocenters. The molecule has 2 aromatic heterocycles. The molecular weight excluding hydrogens is 282 g/mol. The number of hydrogen-bond donors (Lipinski definition) is 2. The number of rotatable bonds is 2. The van der Waals surface area contributed by atoms with E-state index in [2.05, 4.69) is 26.1 Å². The van der Waals surface area contributed by atoms with E-state index in [1.165, 1.54) is 11.3 Å². The monoisotopic (exact) mass is 299 g/mol. The van der Waals surface area contributed by atoms with Crippen LogP contribution in [0.5, 0.6) is 0 Å². The molecule has 0 fully saturated rings. The molecule has 2 N–H and O–H groups in total. The minimum Gasteiger partial charge on any atom is -0.468 e. The van der Waals surface area contributed by atoms with Crippen molar-refractivity contribution >= 4 is 18.2 Å². The maximum Gasteiger partial charge on any atom is 0.293 e. The van der Waals surface area contributed by atoms with Gasteiger partial charge in [0.1, 0.15) is 5.82 Å². The fraction of sp³-hybridized carbons (Fsp3) is 0.312. The van der Waals surface area contributed by atoms with Gasteiger partial charge in [0, 0.05) is 30.1 Å². The van der Waals surface area contributed by atoms with E-state index in [1.807, 2.05) is 18.3 Å². The second kappa shape index (κ2) is 5.63. The zero-order valence-corrected chi connectivity index (χ0v) is 12.3. The van der Waals surface area contributed by atoms with Crippen LogP contribution >= 0.6 is 0 Å². The van der Waals surface area contributed by atoms with Gasteiger partial charge in [-0.3, -0.25) is 9.59 Å². The Balaban J connectivity index is 0.000000254. The van der Waals surface area contributed by atoms with E-state index in [9.17, 15) is 9.59 Å². The fourth-order valence-electron chi connectivity index (χ4n) is 3.12. The van der Waals surface area contributed by atoms with Gasteiger partial charge in [-0.15, -0.1) is 0 Å². The van der Waals surface area contributed by atoms with Crippen molar-refractivity contribution in [2.24, 2.45) is 0 Å². The summed E-state index contributed by atoms with van der Waals surface area (Å²) in [4.78, 5) is 28.9. The van der Waals surface area contributed by atoms with Crippen molar-refractivity contribution in [3.05, 3.63) is 47.4 Å². The highest BCUT2D eigenvalue weighted by atomic mass is 16.5. The molecule has 1 atom stereocenters. The van der Waals surface area contributed by atoms with Crippen LogP contribution in [0.2, 0.25) is 0 Å². The number of carbonyl (C=O) groups is 2. The number of amides is 1. The van der Waals surface area contributed by atoms with E-state index in [0.717, 1.165) is 24.2 Å². The number of anilines is 1. The molecular formula is C16H17N3O3. The highest BCUT2D eigenvalue weighted by Gasteiger charge is 2.51. The van der Waals surface area contributed by atoms with Crippen LogP contribution in [0, 0.1) is 0 Å². The molecule has 4 rings (SSSR count). The second-order valence-electron chi connectivity index (χ2n) is 5.32. The number of nitrogens with zero attached hydrogens (tertiary/aromatic N) is 1. The van der Waals surface area contributed by atoms with Crippen LogP contribution in [0.3, 0.4) is 0 Å². The molecule has 2 aromatic rings. The Bertz CT molecular complexity index is 688. The van der Waals surface area contributed by atoms with E-state index in [-0.39, 0.29) is 5.91 Å². The summed E-state index contributed by atoms with van der Waals surface area (Å²) < 4.78 is 4.15. The summed E-state index contributed by atoms with van der Waals surface area (Å²) in [6.07, 6.45) is 5.18. The number of nitrogens with one attached hydrogen (secondary N) is 2. The maximum atomic E-state index is 12.3. The lowest BCUT2D eigenvalue weighted by Crippen LogP contribution is -2.35. The summed E-state index contributed by atoms with van der Waals surface area (Å²) in [6.45, 7) is 2.66. The molecule has 6 heteroatoms.